The Bertz CT molecular complexity index is 638. The number of likely N-dealkylation sites (tertiary alicyclic amines) is 1. The van der Waals surface area contributed by atoms with E-state index in [-0.39, 0.29) is 0 Å². The first kappa shape index (κ1) is 19.2. The van der Waals surface area contributed by atoms with Crippen LogP contribution < -0.4 is 5.32 Å². The standard InChI is InChI=1S/C18H31IN4OSi/c1-14-6-5-7-22(10-14)17-16-15(19)11-23(18(16)21-12-20-17)13-24-8-9-25(2,3)4/h11,14,21H,5-10,12-13H2,1-4H3/t14-/m0/s1. The van der Waals surface area contributed by atoms with Crippen LogP contribution in [0, 0.1) is 9.49 Å². The highest BCUT2D eigenvalue weighted by molar-refractivity contribution is 14.1. The molecule has 3 heterocycles. The Kier molecular flexibility index (Phi) is 6.15. The molecule has 0 spiro atoms. The minimum atomic E-state index is -1.04. The van der Waals surface area contributed by atoms with Crippen LogP contribution in [-0.2, 0) is 11.5 Å². The van der Waals surface area contributed by atoms with Gasteiger partial charge in [0.25, 0.3) is 0 Å². The van der Waals surface area contributed by atoms with Crippen LogP contribution in [0.5, 0.6) is 0 Å². The lowest BCUT2D eigenvalue weighted by atomic mass is 9.99. The third-order valence-corrected chi connectivity index (χ3v) is 7.44. The van der Waals surface area contributed by atoms with Crippen molar-refractivity contribution in [2.24, 2.45) is 10.9 Å². The Morgan fingerprint density at radius 1 is 1.40 bits per heavy atom. The van der Waals surface area contributed by atoms with E-state index >= 15 is 0 Å². The summed E-state index contributed by atoms with van der Waals surface area (Å²) in [6, 6.07) is 1.21. The number of nitrogens with one attached hydrogen (secondary N) is 1. The number of anilines is 1. The number of ether oxygens (including phenoxy) is 1. The smallest absolute Gasteiger partial charge is 0.137 e. The van der Waals surface area contributed by atoms with E-state index in [2.05, 4.69) is 70.1 Å². The van der Waals surface area contributed by atoms with Crippen molar-refractivity contribution < 1.29 is 4.74 Å². The maximum Gasteiger partial charge on any atom is 0.137 e. The highest BCUT2D eigenvalue weighted by atomic mass is 127. The molecule has 0 aromatic carbocycles. The van der Waals surface area contributed by atoms with Crippen molar-refractivity contribution >= 4 is 42.3 Å². The van der Waals surface area contributed by atoms with Gasteiger partial charge in [0, 0.05) is 37.5 Å². The van der Waals surface area contributed by atoms with Gasteiger partial charge in [-0.3, -0.25) is 0 Å². The van der Waals surface area contributed by atoms with E-state index in [4.69, 9.17) is 9.73 Å². The number of rotatable bonds is 5. The van der Waals surface area contributed by atoms with Crippen LogP contribution in [0.3, 0.4) is 0 Å². The molecule has 0 unspecified atom stereocenters. The predicted molar refractivity (Wildman–Crippen MR) is 116 cm³/mol. The monoisotopic (exact) mass is 474 g/mol. The summed E-state index contributed by atoms with van der Waals surface area (Å²) in [6.45, 7) is 13.9. The maximum atomic E-state index is 5.97. The Morgan fingerprint density at radius 2 is 2.20 bits per heavy atom. The van der Waals surface area contributed by atoms with Gasteiger partial charge in [-0.2, -0.15) is 0 Å². The van der Waals surface area contributed by atoms with E-state index in [0.717, 1.165) is 25.6 Å². The Labute approximate surface area is 166 Å². The first-order valence-electron chi connectivity index (χ1n) is 9.35. The number of halogens is 1. The Balaban J connectivity index is 1.71. The molecule has 2 aliphatic heterocycles. The van der Waals surface area contributed by atoms with Gasteiger partial charge in [0.1, 0.15) is 25.1 Å². The second-order valence-electron chi connectivity index (χ2n) is 8.53. The molecule has 1 atom stereocenters. The van der Waals surface area contributed by atoms with Crippen molar-refractivity contribution in [3.63, 3.8) is 0 Å². The molecule has 7 heteroatoms. The number of piperidine rings is 1. The number of aromatic nitrogens is 1. The summed E-state index contributed by atoms with van der Waals surface area (Å²) < 4.78 is 9.44. The first-order valence-corrected chi connectivity index (χ1v) is 14.1. The second-order valence-corrected chi connectivity index (χ2v) is 15.3. The van der Waals surface area contributed by atoms with Crippen LogP contribution in [0.4, 0.5) is 5.82 Å². The molecule has 0 bridgehead atoms. The van der Waals surface area contributed by atoms with Crippen molar-refractivity contribution in [3.05, 3.63) is 15.3 Å². The number of amidine groups is 1. The van der Waals surface area contributed by atoms with Crippen molar-refractivity contribution in [1.82, 2.24) is 9.47 Å². The molecule has 1 fully saturated rings. The number of fused-ring (bicyclic) bond motifs is 1. The summed E-state index contributed by atoms with van der Waals surface area (Å²) in [7, 11) is -1.04. The third kappa shape index (κ3) is 4.80. The number of nitrogens with zero attached hydrogens (tertiary/aromatic N) is 3. The molecule has 1 aromatic heterocycles. The third-order valence-electron chi connectivity index (χ3n) is 4.91. The van der Waals surface area contributed by atoms with Crippen LogP contribution in [-0.4, -0.2) is 49.7 Å². The number of hydrogen-bond acceptors (Lipinski definition) is 4. The van der Waals surface area contributed by atoms with Crippen LogP contribution in [0.2, 0.25) is 25.7 Å². The molecule has 1 N–H and O–H groups in total. The maximum absolute atomic E-state index is 5.97. The first-order chi connectivity index (χ1) is 11.8. The summed E-state index contributed by atoms with van der Waals surface area (Å²) in [5, 5.41) is 3.46. The summed E-state index contributed by atoms with van der Waals surface area (Å²) in [4.78, 5) is 7.29. The van der Waals surface area contributed by atoms with Gasteiger partial charge in [-0.1, -0.05) is 26.6 Å². The lowest BCUT2D eigenvalue weighted by Gasteiger charge is -2.35. The minimum Gasteiger partial charge on any atom is -0.361 e. The van der Waals surface area contributed by atoms with Crippen LogP contribution in [0.15, 0.2) is 11.2 Å². The molecule has 0 amide bonds. The van der Waals surface area contributed by atoms with Gasteiger partial charge in [0.15, 0.2) is 0 Å². The largest absolute Gasteiger partial charge is 0.361 e. The molecule has 140 valence electrons. The highest BCUT2D eigenvalue weighted by Gasteiger charge is 2.28. The van der Waals surface area contributed by atoms with Crippen LogP contribution in [0.1, 0.15) is 25.3 Å². The zero-order valence-corrected chi connectivity index (χ0v) is 19.1. The van der Waals surface area contributed by atoms with Gasteiger partial charge in [0.05, 0.1) is 5.56 Å². The lowest BCUT2D eigenvalue weighted by Crippen LogP contribution is -2.41. The second kappa shape index (κ2) is 8.00. The molecule has 5 nitrogen and oxygen atoms in total. The fraction of sp³-hybridized carbons (Fsp3) is 0.722. The lowest BCUT2D eigenvalue weighted by molar-refractivity contribution is 0.0886. The molecule has 25 heavy (non-hydrogen) atoms. The highest BCUT2D eigenvalue weighted by Crippen LogP contribution is 2.30. The quantitative estimate of drug-likeness (QED) is 0.394. The van der Waals surface area contributed by atoms with E-state index in [1.807, 2.05) is 0 Å². The molecule has 0 saturated carbocycles. The number of hydrogen-bond donors (Lipinski definition) is 1. The van der Waals surface area contributed by atoms with Gasteiger partial charge < -0.3 is 19.5 Å². The number of aliphatic imine (C=N–C) groups is 1. The molecule has 1 aromatic rings. The summed E-state index contributed by atoms with van der Waals surface area (Å²) in [6.07, 6.45) is 4.79. The van der Waals surface area contributed by atoms with Crippen LogP contribution >= 0.6 is 22.6 Å². The van der Waals surface area contributed by atoms with E-state index in [1.54, 1.807) is 0 Å². The Hall–Kier alpha value is -0.543. The van der Waals surface area contributed by atoms with E-state index in [1.165, 1.54) is 39.7 Å². The molecule has 0 aliphatic carbocycles. The summed E-state index contributed by atoms with van der Waals surface area (Å²) in [5.74, 6) is 3.09. The zero-order chi connectivity index (χ0) is 18.0. The average Bonchev–Trinajstić information content (AvgIpc) is 2.87. The van der Waals surface area contributed by atoms with E-state index < -0.39 is 8.07 Å². The minimum absolute atomic E-state index is 0.618. The van der Waals surface area contributed by atoms with Crippen molar-refractivity contribution in [1.29, 1.82) is 0 Å². The van der Waals surface area contributed by atoms with Gasteiger partial charge in [-0.15, -0.1) is 0 Å². The topological polar surface area (TPSA) is 41.8 Å². The predicted octanol–water partition coefficient (Wildman–Crippen LogP) is 4.27. The zero-order valence-electron chi connectivity index (χ0n) is 15.9. The average molecular weight is 474 g/mol. The molecular formula is C18H31IN4OSi. The van der Waals surface area contributed by atoms with Crippen molar-refractivity contribution in [2.75, 3.05) is 31.7 Å². The summed E-state index contributed by atoms with van der Waals surface area (Å²) >= 11 is 2.44. The SMILES string of the molecule is C[C@H]1CCCN(C2=NCNc3c2c(I)cn3COCC[Si](C)(C)C)C1. The fourth-order valence-corrected chi connectivity index (χ4v) is 5.07. The van der Waals surface area contributed by atoms with Gasteiger partial charge >= 0.3 is 0 Å². The van der Waals surface area contributed by atoms with Crippen molar-refractivity contribution in [3.8, 4) is 0 Å². The normalized spacial score (nSPS) is 20.9. The summed E-state index contributed by atoms with van der Waals surface area (Å²) in [5.41, 5.74) is 1.26. The van der Waals surface area contributed by atoms with Crippen LogP contribution in [0.25, 0.3) is 0 Å². The fourth-order valence-electron chi connectivity index (χ4n) is 3.48. The van der Waals surface area contributed by atoms with E-state index in [9.17, 15) is 0 Å². The Morgan fingerprint density at radius 3 is 2.92 bits per heavy atom. The molecule has 2 aliphatic rings. The molecule has 3 rings (SSSR count). The molecule has 1 saturated heterocycles. The van der Waals surface area contributed by atoms with E-state index in [0.29, 0.717) is 13.4 Å². The van der Waals surface area contributed by atoms with Gasteiger partial charge in [0.2, 0.25) is 0 Å². The van der Waals surface area contributed by atoms with Crippen molar-refractivity contribution in [2.45, 2.75) is 52.2 Å². The van der Waals surface area contributed by atoms with Gasteiger partial charge in [-0.25, -0.2) is 4.99 Å². The molecular weight excluding hydrogens is 443 g/mol. The van der Waals surface area contributed by atoms with Gasteiger partial charge in [-0.05, 0) is 47.4 Å². The molecule has 0 radical (unpaired) electrons.